The van der Waals surface area contributed by atoms with Crippen molar-refractivity contribution in [2.75, 3.05) is 13.2 Å². The molecule has 1 rings (SSSR count). The summed E-state index contributed by atoms with van der Waals surface area (Å²) in [4.78, 5) is 15.0. The molecule has 15 heavy (non-hydrogen) atoms. The fourth-order valence-corrected chi connectivity index (χ4v) is 1.02. The zero-order chi connectivity index (χ0) is 11.1. The summed E-state index contributed by atoms with van der Waals surface area (Å²) in [6.45, 7) is 2.66. The quantitative estimate of drug-likeness (QED) is 0.780. The number of hydrogen-bond donors (Lipinski definition) is 1. The van der Waals surface area contributed by atoms with Crippen LogP contribution < -0.4 is 10.1 Å². The first-order valence-corrected chi connectivity index (χ1v) is 5.11. The summed E-state index contributed by atoms with van der Waals surface area (Å²) in [5, 5.41) is 3.10. The molecule has 0 saturated carbocycles. The van der Waals surface area contributed by atoms with Crippen LogP contribution in [0, 0.1) is 0 Å². The minimum Gasteiger partial charge on any atom is -0.482 e. The Hall–Kier alpha value is -1.29. The smallest absolute Gasteiger partial charge is 0.257 e. The van der Waals surface area contributed by atoms with Gasteiger partial charge in [-0.1, -0.05) is 18.5 Å². The molecular formula is C10H13ClN2O2. The molecule has 1 heterocycles. The van der Waals surface area contributed by atoms with Gasteiger partial charge in [-0.15, -0.1) is 0 Å². The van der Waals surface area contributed by atoms with Crippen molar-refractivity contribution in [3.05, 3.63) is 23.5 Å². The van der Waals surface area contributed by atoms with Gasteiger partial charge in [-0.05, 0) is 18.6 Å². The van der Waals surface area contributed by atoms with Gasteiger partial charge in [0.2, 0.25) is 0 Å². The normalized spacial score (nSPS) is 9.73. The first kappa shape index (κ1) is 11.8. The molecule has 0 aliphatic heterocycles. The highest BCUT2D eigenvalue weighted by atomic mass is 35.5. The Morgan fingerprint density at radius 2 is 2.40 bits per heavy atom. The Morgan fingerprint density at radius 1 is 1.60 bits per heavy atom. The number of nitrogens with one attached hydrogen (secondary N) is 1. The molecule has 1 aromatic heterocycles. The molecule has 0 saturated heterocycles. The van der Waals surface area contributed by atoms with E-state index in [0.717, 1.165) is 6.42 Å². The van der Waals surface area contributed by atoms with E-state index in [9.17, 15) is 4.79 Å². The SMILES string of the molecule is CCCNC(=O)COc1ccc(Cl)nc1. The highest BCUT2D eigenvalue weighted by molar-refractivity contribution is 6.29. The third kappa shape index (κ3) is 4.65. The molecule has 1 N–H and O–H groups in total. The van der Waals surface area contributed by atoms with Gasteiger partial charge in [0, 0.05) is 6.54 Å². The van der Waals surface area contributed by atoms with E-state index in [2.05, 4.69) is 10.3 Å². The number of halogens is 1. The Morgan fingerprint density at radius 3 is 3.00 bits per heavy atom. The van der Waals surface area contributed by atoms with Crippen molar-refractivity contribution < 1.29 is 9.53 Å². The summed E-state index contributed by atoms with van der Waals surface area (Å²) in [6.07, 6.45) is 2.39. The van der Waals surface area contributed by atoms with Gasteiger partial charge < -0.3 is 10.1 Å². The maximum atomic E-state index is 11.2. The van der Waals surface area contributed by atoms with Crippen LogP contribution in [-0.2, 0) is 4.79 Å². The van der Waals surface area contributed by atoms with Gasteiger partial charge in [0.05, 0.1) is 6.20 Å². The molecule has 1 aromatic rings. The number of amides is 1. The average molecular weight is 229 g/mol. The largest absolute Gasteiger partial charge is 0.482 e. The predicted octanol–water partition coefficient (Wildman–Crippen LogP) is 1.64. The monoisotopic (exact) mass is 228 g/mol. The van der Waals surface area contributed by atoms with E-state index >= 15 is 0 Å². The average Bonchev–Trinajstić information content (AvgIpc) is 2.25. The van der Waals surface area contributed by atoms with Gasteiger partial charge in [0.25, 0.3) is 5.91 Å². The molecule has 5 heteroatoms. The number of ether oxygens (including phenoxy) is 1. The highest BCUT2D eigenvalue weighted by Crippen LogP contribution is 2.11. The van der Waals surface area contributed by atoms with Gasteiger partial charge in [-0.3, -0.25) is 4.79 Å². The first-order valence-electron chi connectivity index (χ1n) is 4.73. The highest BCUT2D eigenvalue weighted by Gasteiger charge is 2.01. The molecule has 0 aliphatic rings. The summed E-state index contributed by atoms with van der Waals surface area (Å²) < 4.78 is 5.19. The number of pyridine rings is 1. The first-order chi connectivity index (χ1) is 7.22. The number of aromatic nitrogens is 1. The van der Waals surface area contributed by atoms with E-state index in [1.54, 1.807) is 12.1 Å². The maximum absolute atomic E-state index is 11.2. The minimum absolute atomic E-state index is 0.00329. The molecule has 0 aliphatic carbocycles. The van der Waals surface area contributed by atoms with Crippen LogP contribution in [0.25, 0.3) is 0 Å². The lowest BCUT2D eigenvalue weighted by Crippen LogP contribution is -2.29. The molecule has 0 fully saturated rings. The van der Waals surface area contributed by atoms with E-state index in [1.807, 2.05) is 6.92 Å². The zero-order valence-corrected chi connectivity index (χ0v) is 9.25. The second-order valence-corrected chi connectivity index (χ2v) is 3.34. The van der Waals surface area contributed by atoms with Crippen LogP contribution in [0.4, 0.5) is 0 Å². The number of rotatable bonds is 5. The molecule has 0 radical (unpaired) electrons. The predicted molar refractivity (Wildman–Crippen MR) is 58.0 cm³/mol. The van der Waals surface area contributed by atoms with E-state index in [0.29, 0.717) is 17.4 Å². The third-order valence-corrected chi connectivity index (χ3v) is 1.87. The van der Waals surface area contributed by atoms with Crippen molar-refractivity contribution in [1.82, 2.24) is 10.3 Å². The topological polar surface area (TPSA) is 51.2 Å². The van der Waals surface area contributed by atoms with Crippen LogP contribution in [0.5, 0.6) is 5.75 Å². The zero-order valence-electron chi connectivity index (χ0n) is 8.50. The van der Waals surface area contributed by atoms with Crippen LogP contribution in [0.3, 0.4) is 0 Å². The van der Waals surface area contributed by atoms with Crippen molar-refractivity contribution in [2.24, 2.45) is 0 Å². The lowest BCUT2D eigenvalue weighted by molar-refractivity contribution is -0.123. The number of carbonyl (C=O) groups excluding carboxylic acids is 1. The van der Waals surface area contributed by atoms with Gasteiger partial charge in [0.15, 0.2) is 6.61 Å². The molecule has 0 unspecified atom stereocenters. The fraction of sp³-hybridized carbons (Fsp3) is 0.400. The maximum Gasteiger partial charge on any atom is 0.257 e. The van der Waals surface area contributed by atoms with Crippen LogP contribution in [-0.4, -0.2) is 24.0 Å². The van der Waals surface area contributed by atoms with Crippen LogP contribution in [0.2, 0.25) is 5.15 Å². The molecule has 1 amide bonds. The van der Waals surface area contributed by atoms with E-state index in [-0.39, 0.29) is 12.5 Å². The minimum atomic E-state index is -0.133. The lowest BCUT2D eigenvalue weighted by atomic mass is 10.4. The van der Waals surface area contributed by atoms with Crippen molar-refractivity contribution in [1.29, 1.82) is 0 Å². The van der Waals surface area contributed by atoms with E-state index < -0.39 is 0 Å². The standard InChI is InChI=1S/C10H13ClN2O2/c1-2-5-12-10(14)7-15-8-3-4-9(11)13-6-8/h3-4,6H,2,5,7H2,1H3,(H,12,14). The second kappa shape index (κ2) is 6.24. The Kier molecular flexibility index (Phi) is 4.90. The van der Waals surface area contributed by atoms with Crippen molar-refractivity contribution in [2.45, 2.75) is 13.3 Å². The fourth-order valence-electron chi connectivity index (χ4n) is 0.912. The molecular weight excluding hydrogens is 216 g/mol. The molecule has 0 bridgehead atoms. The Bertz CT molecular complexity index is 314. The molecule has 0 atom stereocenters. The van der Waals surface area contributed by atoms with Crippen molar-refractivity contribution in [3.8, 4) is 5.75 Å². The Balaban J connectivity index is 2.30. The van der Waals surface area contributed by atoms with Gasteiger partial charge in [-0.2, -0.15) is 0 Å². The van der Waals surface area contributed by atoms with Crippen molar-refractivity contribution >= 4 is 17.5 Å². The summed E-state index contributed by atoms with van der Waals surface area (Å²) in [5.41, 5.74) is 0. The number of hydrogen-bond acceptors (Lipinski definition) is 3. The lowest BCUT2D eigenvalue weighted by Gasteiger charge is -2.05. The van der Waals surface area contributed by atoms with Gasteiger partial charge in [-0.25, -0.2) is 4.98 Å². The second-order valence-electron chi connectivity index (χ2n) is 2.96. The third-order valence-electron chi connectivity index (χ3n) is 1.64. The summed E-state index contributed by atoms with van der Waals surface area (Å²) >= 11 is 5.60. The molecule has 0 spiro atoms. The van der Waals surface area contributed by atoms with Crippen LogP contribution in [0.1, 0.15) is 13.3 Å². The van der Waals surface area contributed by atoms with Crippen LogP contribution in [0.15, 0.2) is 18.3 Å². The van der Waals surface area contributed by atoms with Crippen molar-refractivity contribution in [3.63, 3.8) is 0 Å². The van der Waals surface area contributed by atoms with E-state index in [4.69, 9.17) is 16.3 Å². The molecule has 4 nitrogen and oxygen atoms in total. The van der Waals surface area contributed by atoms with E-state index in [1.165, 1.54) is 6.20 Å². The van der Waals surface area contributed by atoms with Crippen LogP contribution >= 0.6 is 11.6 Å². The summed E-state index contributed by atoms with van der Waals surface area (Å²) in [7, 11) is 0. The van der Waals surface area contributed by atoms with Gasteiger partial charge in [0.1, 0.15) is 10.9 Å². The molecule has 0 aromatic carbocycles. The number of nitrogens with zero attached hydrogens (tertiary/aromatic N) is 1. The molecule has 82 valence electrons. The van der Waals surface area contributed by atoms with Gasteiger partial charge >= 0.3 is 0 Å². The summed E-state index contributed by atoms with van der Waals surface area (Å²) in [5.74, 6) is 0.401. The summed E-state index contributed by atoms with van der Waals surface area (Å²) in [6, 6.07) is 3.28. The Labute approximate surface area is 93.6 Å². The number of carbonyl (C=O) groups is 1.